The standard InChI is InChI=1S/C28H40N2O6S/c1-7-10-11-16-37(34,35)29-24(19-36-21-13-14-22(27(32)33)26(31)18-21)20-12-15-25(30(8-2)9-3)23(17-20)28(4,5)6/h12-15,17-19,29,31H,7-11,16H2,1-6H3,(H,32,33). The maximum atomic E-state index is 12.9. The Kier molecular flexibility index (Phi) is 10.4. The van der Waals surface area contributed by atoms with Gasteiger partial charge in [-0.15, -0.1) is 0 Å². The van der Waals surface area contributed by atoms with Crippen LogP contribution in [0.4, 0.5) is 5.69 Å². The number of carboxylic acids is 1. The minimum atomic E-state index is -3.65. The number of aromatic carboxylic acids is 1. The summed E-state index contributed by atoms with van der Waals surface area (Å²) in [4.78, 5) is 13.4. The van der Waals surface area contributed by atoms with Crippen molar-refractivity contribution >= 4 is 27.4 Å². The second-order valence-corrected chi connectivity index (χ2v) is 11.8. The van der Waals surface area contributed by atoms with Gasteiger partial charge in [-0.1, -0.05) is 46.6 Å². The van der Waals surface area contributed by atoms with Gasteiger partial charge in [0.05, 0.1) is 11.4 Å². The maximum absolute atomic E-state index is 12.9. The highest BCUT2D eigenvalue weighted by atomic mass is 32.2. The van der Waals surface area contributed by atoms with Gasteiger partial charge in [-0.25, -0.2) is 13.2 Å². The van der Waals surface area contributed by atoms with E-state index in [0.29, 0.717) is 12.0 Å². The third kappa shape index (κ3) is 8.42. The number of anilines is 1. The number of hydrogen-bond acceptors (Lipinski definition) is 6. The van der Waals surface area contributed by atoms with Gasteiger partial charge in [0.2, 0.25) is 10.0 Å². The van der Waals surface area contributed by atoms with Crippen LogP contribution >= 0.6 is 0 Å². The minimum absolute atomic E-state index is 0.0179. The van der Waals surface area contributed by atoms with E-state index in [4.69, 9.17) is 9.84 Å². The number of benzene rings is 2. The summed E-state index contributed by atoms with van der Waals surface area (Å²) in [5.41, 5.74) is 2.56. The Morgan fingerprint density at radius 2 is 1.73 bits per heavy atom. The van der Waals surface area contributed by atoms with Crippen molar-refractivity contribution in [1.29, 1.82) is 0 Å². The van der Waals surface area contributed by atoms with Crippen molar-refractivity contribution in [2.75, 3.05) is 23.7 Å². The van der Waals surface area contributed by atoms with Crippen LogP contribution in [-0.4, -0.2) is 43.4 Å². The monoisotopic (exact) mass is 532 g/mol. The maximum Gasteiger partial charge on any atom is 0.339 e. The largest absolute Gasteiger partial charge is 0.507 e. The number of nitrogens with one attached hydrogen (secondary N) is 1. The molecule has 0 spiro atoms. The summed E-state index contributed by atoms with van der Waals surface area (Å²) in [6.07, 6.45) is 3.53. The Morgan fingerprint density at radius 1 is 1.05 bits per heavy atom. The lowest BCUT2D eigenvalue weighted by Gasteiger charge is -2.31. The van der Waals surface area contributed by atoms with Gasteiger partial charge < -0.3 is 19.8 Å². The van der Waals surface area contributed by atoms with Crippen molar-refractivity contribution in [3.63, 3.8) is 0 Å². The third-order valence-corrected chi connectivity index (χ3v) is 7.37. The summed E-state index contributed by atoms with van der Waals surface area (Å²) >= 11 is 0. The fraction of sp³-hybridized carbons (Fsp3) is 0.464. The van der Waals surface area contributed by atoms with Crippen LogP contribution < -0.4 is 14.4 Å². The van der Waals surface area contributed by atoms with Crippen molar-refractivity contribution in [2.24, 2.45) is 0 Å². The molecule has 0 unspecified atom stereocenters. The van der Waals surface area contributed by atoms with E-state index < -0.39 is 21.7 Å². The quantitative estimate of drug-likeness (QED) is 0.223. The molecule has 0 bridgehead atoms. The third-order valence-electron chi connectivity index (χ3n) is 6.01. The molecule has 0 aliphatic heterocycles. The number of unbranched alkanes of at least 4 members (excludes halogenated alkanes) is 2. The van der Waals surface area contributed by atoms with Crippen LogP contribution in [-0.2, 0) is 15.4 Å². The van der Waals surface area contributed by atoms with E-state index >= 15 is 0 Å². The molecule has 0 aromatic heterocycles. The molecule has 2 rings (SSSR count). The molecular formula is C28H40N2O6S. The Bertz CT molecular complexity index is 1210. The number of sulfonamides is 1. The molecule has 2 aromatic carbocycles. The molecule has 0 radical (unpaired) electrons. The summed E-state index contributed by atoms with van der Waals surface area (Å²) in [7, 11) is -3.65. The van der Waals surface area contributed by atoms with Crippen LogP contribution in [0.15, 0.2) is 42.7 Å². The number of aromatic hydroxyl groups is 1. The van der Waals surface area contributed by atoms with Gasteiger partial charge in [0.25, 0.3) is 0 Å². The zero-order valence-corrected chi connectivity index (χ0v) is 23.5. The molecule has 0 fully saturated rings. The zero-order valence-electron chi connectivity index (χ0n) is 22.7. The number of ether oxygens (including phenoxy) is 1. The molecule has 0 atom stereocenters. The molecule has 0 aliphatic rings. The van der Waals surface area contributed by atoms with E-state index in [0.717, 1.165) is 37.2 Å². The van der Waals surface area contributed by atoms with E-state index in [1.165, 1.54) is 24.5 Å². The number of carboxylic acid groups (broad SMARTS) is 1. The van der Waals surface area contributed by atoms with E-state index in [1.807, 2.05) is 25.1 Å². The SMILES string of the molecule is CCCCCS(=O)(=O)NC(=COc1ccc(C(=O)O)c(O)c1)c1ccc(N(CC)CC)c(C(C)(C)C)c1. The Morgan fingerprint density at radius 3 is 2.27 bits per heavy atom. The number of carbonyl (C=O) groups is 1. The summed E-state index contributed by atoms with van der Waals surface area (Å²) < 4.78 is 34.2. The molecule has 0 heterocycles. The van der Waals surface area contributed by atoms with Crippen LogP contribution in [0, 0.1) is 0 Å². The molecular weight excluding hydrogens is 492 g/mol. The van der Waals surface area contributed by atoms with Gasteiger partial charge in [0, 0.05) is 30.4 Å². The first-order chi connectivity index (χ1) is 17.3. The van der Waals surface area contributed by atoms with E-state index in [-0.39, 0.29) is 28.2 Å². The summed E-state index contributed by atoms with van der Waals surface area (Å²) in [5, 5.41) is 19.1. The van der Waals surface area contributed by atoms with Crippen molar-refractivity contribution in [1.82, 2.24) is 4.72 Å². The predicted molar refractivity (Wildman–Crippen MR) is 149 cm³/mol. The molecule has 204 valence electrons. The van der Waals surface area contributed by atoms with Crippen molar-refractivity contribution < 1.29 is 28.2 Å². The lowest BCUT2D eigenvalue weighted by atomic mass is 9.84. The fourth-order valence-electron chi connectivity index (χ4n) is 3.95. The van der Waals surface area contributed by atoms with Crippen LogP contribution in [0.2, 0.25) is 0 Å². The van der Waals surface area contributed by atoms with E-state index in [1.54, 1.807) is 0 Å². The second-order valence-electron chi connectivity index (χ2n) is 9.92. The van der Waals surface area contributed by atoms with E-state index in [9.17, 15) is 18.3 Å². The Balaban J connectivity index is 2.56. The summed E-state index contributed by atoms with van der Waals surface area (Å²) in [6.45, 7) is 14.2. The zero-order chi connectivity index (χ0) is 27.8. The number of hydrogen-bond donors (Lipinski definition) is 3. The van der Waals surface area contributed by atoms with Crippen LogP contribution in [0.1, 0.15) is 82.3 Å². The van der Waals surface area contributed by atoms with Crippen molar-refractivity contribution in [2.45, 2.75) is 66.2 Å². The lowest BCUT2D eigenvalue weighted by molar-refractivity contribution is 0.0693. The topological polar surface area (TPSA) is 116 Å². The summed E-state index contributed by atoms with van der Waals surface area (Å²) in [6, 6.07) is 9.64. The highest BCUT2D eigenvalue weighted by molar-refractivity contribution is 7.89. The van der Waals surface area contributed by atoms with Crippen LogP contribution in [0.25, 0.3) is 5.70 Å². The summed E-state index contributed by atoms with van der Waals surface area (Å²) in [5.74, 6) is -1.56. The number of phenols is 1. The number of nitrogens with zero attached hydrogens (tertiary/aromatic N) is 1. The first-order valence-corrected chi connectivity index (χ1v) is 14.3. The molecule has 2 aromatic rings. The van der Waals surface area contributed by atoms with Gasteiger partial charge in [0.1, 0.15) is 23.3 Å². The average Bonchev–Trinajstić information content (AvgIpc) is 2.82. The van der Waals surface area contributed by atoms with Gasteiger partial charge in [-0.3, -0.25) is 4.72 Å². The van der Waals surface area contributed by atoms with Crippen LogP contribution in [0.3, 0.4) is 0 Å². The van der Waals surface area contributed by atoms with E-state index in [2.05, 4.69) is 44.2 Å². The second kappa shape index (κ2) is 12.9. The van der Waals surface area contributed by atoms with Gasteiger partial charge in [0.15, 0.2) is 0 Å². The smallest absolute Gasteiger partial charge is 0.339 e. The molecule has 37 heavy (non-hydrogen) atoms. The highest BCUT2D eigenvalue weighted by Gasteiger charge is 2.23. The molecule has 0 amide bonds. The van der Waals surface area contributed by atoms with Crippen molar-refractivity contribution in [3.05, 3.63) is 59.4 Å². The molecule has 0 saturated heterocycles. The first kappa shape index (κ1) is 30.0. The van der Waals surface area contributed by atoms with Gasteiger partial charge in [-0.2, -0.15) is 0 Å². The lowest BCUT2D eigenvalue weighted by Crippen LogP contribution is -2.28. The predicted octanol–water partition coefficient (Wildman–Crippen LogP) is 5.72. The normalized spacial score (nSPS) is 12.3. The minimum Gasteiger partial charge on any atom is -0.507 e. The fourth-order valence-corrected chi connectivity index (χ4v) is 5.14. The number of rotatable bonds is 13. The van der Waals surface area contributed by atoms with Gasteiger partial charge in [-0.05, 0) is 55.5 Å². The van der Waals surface area contributed by atoms with Crippen molar-refractivity contribution in [3.8, 4) is 11.5 Å². The Hall–Kier alpha value is -3.20. The average molecular weight is 533 g/mol. The first-order valence-electron chi connectivity index (χ1n) is 12.7. The van der Waals surface area contributed by atoms with Crippen LogP contribution in [0.5, 0.6) is 11.5 Å². The Labute approximate surface area is 221 Å². The molecule has 9 heteroatoms. The molecule has 0 saturated carbocycles. The molecule has 3 N–H and O–H groups in total. The molecule has 8 nitrogen and oxygen atoms in total. The molecule has 0 aliphatic carbocycles. The van der Waals surface area contributed by atoms with Gasteiger partial charge >= 0.3 is 5.97 Å². The highest BCUT2D eigenvalue weighted by Crippen LogP contribution is 2.34.